The topological polar surface area (TPSA) is 68.7 Å². The highest BCUT2D eigenvalue weighted by molar-refractivity contribution is 5.82. The minimum atomic E-state index is -0.834. The number of hydrogen-bond acceptors (Lipinski definition) is 5. The molecule has 1 aromatic heterocycles. The van der Waals surface area contributed by atoms with Crippen LogP contribution >= 0.6 is 0 Å². The molecule has 1 unspecified atom stereocenters. The number of ether oxygens (including phenoxy) is 2. The van der Waals surface area contributed by atoms with E-state index in [2.05, 4.69) is 29.2 Å². The molecule has 3 aromatic rings. The van der Waals surface area contributed by atoms with Gasteiger partial charge in [-0.3, -0.25) is 9.88 Å². The van der Waals surface area contributed by atoms with E-state index in [4.69, 9.17) is 9.47 Å². The van der Waals surface area contributed by atoms with Crippen molar-refractivity contribution in [3.8, 4) is 11.1 Å². The summed E-state index contributed by atoms with van der Waals surface area (Å²) < 4.78 is 11.4. The van der Waals surface area contributed by atoms with Crippen molar-refractivity contribution in [2.45, 2.75) is 44.8 Å². The number of aromatic nitrogens is 1. The number of nitrogens with zero attached hydrogens (tertiary/aromatic N) is 2. The van der Waals surface area contributed by atoms with Gasteiger partial charge in [0, 0.05) is 31.8 Å². The third kappa shape index (κ3) is 5.11. The van der Waals surface area contributed by atoms with E-state index >= 15 is 0 Å². The third-order valence-corrected chi connectivity index (χ3v) is 5.92. The Hall–Kier alpha value is -3.67. The lowest BCUT2D eigenvalue weighted by molar-refractivity contribution is -0.160. The second kappa shape index (κ2) is 9.67. The number of carbonyl (C=O) groups excluding carboxylic acids is 2. The molecule has 1 aliphatic rings. The minimum Gasteiger partial charge on any atom is -0.458 e. The maximum Gasteiger partial charge on any atom is 0.410 e. The van der Waals surface area contributed by atoms with E-state index in [9.17, 15) is 9.59 Å². The molecule has 176 valence electrons. The average Bonchev–Trinajstić information content (AvgIpc) is 3.14. The molecule has 0 saturated heterocycles. The highest BCUT2D eigenvalue weighted by Crippen LogP contribution is 2.44. The van der Waals surface area contributed by atoms with Crippen molar-refractivity contribution in [1.29, 1.82) is 0 Å². The molecular weight excluding hydrogens is 428 g/mol. The Labute approximate surface area is 200 Å². The van der Waals surface area contributed by atoms with Gasteiger partial charge in [0.15, 0.2) is 0 Å². The molecule has 0 aliphatic heterocycles. The van der Waals surface area contributed by atoms with Gasteiger partial charge >= 0.3 is 12.1 Å². The van der Waals surface area contributed by atoms with Gasteiger partial charge in [0.05, 0.1) is 0 Å². The Morgan fingerprint density at radius 1 is 0.971 bits per heavy atom. The van der Waals surface area contributed by atoms with Gasteiger partial charge in [0.2, 0.25) is 0 Å². The first-order valence-electron chi connectivity index (χ1n) is 11.4. The molecule has 0 N–H and O–H groups in total. The minimum absolute atomic E-state index is 0.0527. The van der Waals surface area contributed by atoms with Gasteiger partial charge in [-0.2, -0.15) is 0 Å². The largest absolute Gasteiger partial charge is 0.458 e. The van der Waals surface area contributed by atoms with Crippen molar-refractivity contribution in [3.05, 3.63) is 89.7 Å². The number of esters is 1. The summed E-state index contributed by atoms with van der Waals surface area (Å²) in [4.78, 5) is 31.6. The maximum atomic E-state index is 13.1. The van der Waals surface area contributed by atoms with Crippen molar-refractivity contribution < 1.29 is 19.1 Å². The molecule has 1 amide bonds. The van der Waals surface area contributed by atoms with Gasteiger partial charge in [-0.1, -0.05) is 54.6 Å². The fourth-order valence-electron chi connectivity index (χ4n) is 4.31. The Kier molecular flexibility index (Phi) is 6.68. The third-order valence-electron chi connectivity index (χ3n) is 5.92. The van der Waals surface area contributed by atoms with Crippen molar-refractivity contribution in [2.24, 2.45) is 0 Å². The number of rotatable bonds is 6. The molecule has 4 rings (SSSR count). The smallest absolute Gasteiger partial charge is 0.410 e. The van der Waals surface area contributed by atoms with Crippen LogP contribution in [0.3, 0.4) is 0 Å². The molecule has 1 heterocycles. The van der Waals surface area contributed by atoms with Crippen LogP contribution in [0, 0.1) is 0 Å². The molecule has 0 spiro atoms. The SMILES string of the molecule is CN(C(=O)OCC1c2ccccc2-c2ccccc21)C(Cc1cccnc1)C(=O)OC(C)(C)C. The number of amides is 1. The average molecular weight is 459 g/mol. The number of benzene rings is 2. The highest BCUT2D eigenvalue weighted by atomic mass is 16.6. The van der Waals surface area contributed by atoms with E-state index in [0.717, 1.165) is 27.8 Å². The second-order valence-corrected chi connectivity index (χ2v) is 9.53. The first-order valence-corrected chi connectivity index (χ1v) is 11.4. The van der Waals surface area contributed by atoms with Gasteiger partial charge in [-0.25, -0.2) is 9.59 Å². The van der Waals surface area contributed by atoms with Crippen LogP contribution in [0.4, 0.5) is 4.79 Å². The van der Waals surface area contributed by atoms with Crippen molar-refractivity contribution in [3.63, 3.8) is 0 Å². The lowest BCUT2D eigenvalue weighted by Crippen LogP contribution is -2.47. The van der Waals surface area contributed by atoms with Crippen molar-refractivity contribution in [1.82, 2.24) is 9.88 Å². The van der Waals surface area contributed by atoms with E-state index in [-0.39, 0.29) is 18.9 Å². The zero-order chi connectivity index (χ0) is 24.3. The van der Waals surface area contributed by atoms with Gasteiger partial charge in [-0.05, 0) is 54.7 Å². The van der Waals surface area contributed by atoms with Gasteiger partial charge in [-0.15, -0.1) is 0 Å². The van der Waals surface area contributed by atoms with E-state index in [1.165, 1.54) is 4.90 Å². The molecule has 6 nitrogen and oxygen atoms in total. The van der Waals surface area contributed by atoms with Gasteiger partial charge < -0.3 is 9.47 Å². The van der Waals surface area contributed by atoms with Crippen LogP contribution in [-0.2, 0) is 20.7 Å². The molecule has 2 aromatic carbocycles. The van der Waals surface area contributed by atoms with E-state index < -0.39 is 23.7 Å². The Morgan fingerprint density at radius 3 is 2.15 bits per heavy atom. The first-order chi connectivity index (χ1) is 16.2. The lowest BCUT2D eigenvalue weighted by Gasteiger charge is -2.30. The summed E-state index contributed by atoms with van der Waals surface area (Å²) in [6.07, 6.45) is 3.06. The monoisotopic (exact) mass is 458 g/mol. The molecule has 6 heteroatoms. The van der Waals surface area contributed by atoms with Crippen LogP contribution in [0.15, 0.2) is 73.1 Å². The Bertz CT molecular complexity index is 1120. The second-order valence-electron chi connectivity index (χ2n) is 9.53. The normalized spacial score (nSPS) is 13.5. The standard InChI is InChI=1S/C28H30N2O4/c1-28(2,3)34-26(31)25(16-19-10-9-15-29-17-19)30(4)27(32)33-18-24-22-13-7-5-11-20(22)21-12-6-8-14-23(21)24/h5-15,17,24-25H,16,18H2,1-4H3. The van der Waals surface area contributed by atoms with Gasteiger partial charge in [0.25, 0.3) is 0 Å². The zero-order valence-corrected chi connectivity index (χ0v) is 20.0. The molecule has 1 aliphatic carbocycles. The number of likely N-dealkylation sites (N-methyl/N-ethyl adjacent to an activating group) is 1. The van der Waals surface area contributed by atoms with Crippen LogP contribution in [-0.4, -0.2) is 47.2 Å². The van der Waals surface area contributed by atoms with Crippen molar-refractivity contribution in [2.75, 3.05) is 13.7 Å². The maximum absolute atomic E-state index is 13.1. The van der Waals surface area contributed by atoms with E-state index in [0.29, 0.717) is 0 Å². The van der Waals surface area contributed by atoms with Gasteiger partial charge in [0.1, 0.15) is 18.2 Å². The summed E-state index contributed by atoms with van der Waals surface area (Å²) >= 11 is 0. The lowest BCUT2D eigenvalue weighted by atomic mass is 9.98. The van der Waals surface area contributed by atoms with Crippen LogP contribution in [0.1, 0.15) is 43.4 Å². The molecular formula is C28H30N2O4. The fourth-order valence-corrected chi connectivity index (χ4v) is 4.31. The molecule has 34 heavy (non-hydrogen) atoms. The number of carbonyl (C=O) groups is 2. The first kappa shape index (κ1) is 23.5. The summed E-state index contributed by atoms with van der Waals surface area (Å²) in [5.41, 5.74) is 4.76. The fraction of sp³-hybridized carbons (Fsp3) is 0.321. The molecule has 1 atom stereocenters. The number of pyridine rings is 1. The molecule has 0 saturated carbocycles. The van der Waals surface area contributed by atoms with Crippen LogP contribution < -0.4 is 0 Å². The summed E-state index contributed by atoms with van der Waals surface area (Å²) in [7, 11) is 1.57. The molecule has 0 fully saturated rings. The summed E-state index contributed by atoms with van der Waals surface area (Å²) in [5.74, 6) is -0.532. The Balaban J connectivity index is 1.51. The number of hydrogen-bond donors (Lipinski definition) is 0. The van der Waals surface area contributed by atoms with Crippen LogP contribution in [0.2, 0.25) is 0 Å². The predicted octanol–water partition coefficient (Wildman–Crippen LogP) is 5.22. The van der Waals surface area contributed by atoms with E-state index in [1.54, 1.807) is 46.3 Å². The van der Waals surface area contributed by atoms with Crippen molar-refractivity contribution >= 4 is 12.1 Å². The van der Waals surface area contributed by atoms with E-state index in [1.807, 2.05) is 30.3 Å². The summed E-state index contributed by atoms with van der Waals surface area (Å²) in [6, 6.07) is 19.2. The number of fused-ring (bicyclic) bond motifs is 3. The van der Waals surface area contributed by atoms with Crippen LogP contribution in [0.25, 0.3) is 11.1 Å². The molecule has 0 bridgehead atoms. The quantitative estimate of drug-likeness (QED) is 0.474. The highest BCUT2D eigenvalue weighted by Gasteiger charge is 2.34. The molecule has 0 radical (unpaired) electrons. The zero-order valence-electron chi connectivity index (χ0n) is 20.0. The predicted molar refractivity (Wildman–Crippen MR) is 130 cm³/mol. The Morgan fingerprint density at radius 2 is 1.59 bits per heavy atom. The summed E-state index contributed by atoms with van der Waals surface area (Å²) in [6.45, 7) is 5.60. The van der Waals surface area contributed by atoms with Crippen LogP contribution in [0.5, 0.6) is 0 Å². The summed E-state index contributed by atoms with van der Waals surface area (Å²) in [5, 5.41) is 0.